The standard InChI is InChI=1S/C18H15P.C5H10.C2H4O2.Ru/c1-4-10-16(11-5-1)19(17-12-6-2-7-13-17)18-14-8-3-9-15-18;1-2-4-5-3-1;1-2(3)4;/h1-15H;1-5H2;1H3,(H,3,4);/q;;;+1. The molecule has 0 bridgehead atoms. The molecule has 1 saturated carbocycles. The number of benzene rings is 3. The van der Waals surface area contributed by atoms with Crippen LogP contribution in [0.4, 0.5) is 0 Å². The number of aliphatic carboxylic acids is 1. The fourth-order valence-electron chi connectivity index (χ4n) is 3.06. The minimum absolute atomic E-state index is 0. The van der Waals surface area contributed by atoms with Gasteiger partial charge in [0, 0.05) is 6.92 Å². The van der Waals surface area contributed by atoms with Crippen molar-refractivity contribution < 1.29 is 29.4 Å². The van der Waals surface area contributed by atoms with Gasteiger partial charge in [-0.2, -0.15) is 0 Å². The molecule has 0 aromatic heterocycles. The zero-order chi connectivity index (χ0) is 20.0. The largest absolute Gasteiger partial charge is 1.00 e. The normalized spacial score (nSPS) is 11.9. The van der Waals surface area contributed by atoms with Crippen molar-refractivity contribution in [2.75, 3.05) is 0 Å². The van der Waals surface area contributed by atoms with Crippen molar-refractivity contribution in [3.05, 3.63) is 91.0 Å². The van der Waals surface area contributed by atoms with Crippen molar-refractivity contribution in [1.82, 2.24) is 0 Å². The molecule has 0 heterocycles. The number of carbonyl (C=O) groups is 1. The van der Waals surface area contributed by atoms with Gasteiger partial charge >= 0.3 is 19.5 Å². The molecule has 1 aliphatic rings. The molecule has 0 spiro atoms. The van der Waals surface area contributed by atoms with Gasteiger partial charge in [0.1, 0.15) is 0 Å². The second kappa shape index (κ2) is 15.1. The van der Waals surface area contributed by atoms with Gasteiger partial charge in [-0.25, -0.2) is 0 Å². The molecule has 1 N–H and O–H groups in total. The third-order valence-corrected chi connectivity index (χ3v) is 6.74. The zero-order valence-corrected chi connectivity index (χ0v) is 19.5. The molecular formula is C25H29O2PRu+. The van der Waals surface area contributed by atoms with E-state index >= 15 is 0 Å². The van der Waals surface area contributed by atoms with Crippen LogP contribution in [0.5, 0.6) is 0 Å². The molecule has 0 saturated heterocycles. The molecule has 0 unspecified atom stereocenters. The maximum atomic E-state index is 9.00. The quantitative estimate of drug-likeness (QED) is 0.387. The average molecular weight is 494 g/mol. The van der Waals surface area contributed by atoms with Crippen molar-refractivity contribution in [3.63, 3.8) is 0 Å². The third-order valence-electron chi connectivity index (χ3n) is 4.29. The molecular weight excluding hydrogens is 464 g/mol. The zero-order valence-electron chi connectivity index (χ0n) is 16.9. The van der Waals surface area contributed by atoms with Gasteiger partial charge in [-0.3, -0.25) is 4.79 Å². The van der Waals surface area contributed by atoms with Gasteiger partial charge in [-0.1, -0.05) is 123 Å². The molecule has 0 atom stereocenters. The van der Waals surface area contributed by atoms with Crippen LogP contribution in [0.2, 0.25) is 0 Å². The van der Waals surface area contributed by atoms with E-state index in [1.807, 2.05) is 0 Å². The van der Waals surface area contributed by atoms with Gasteiger partial charge in [0.2, 0.25) is 0 Å². The number of hydrogen-bond donors (Lipinski definition) is 1. The van der Waals surface area contributed by atoms with E-state index in [0.29, 0.717) is 0 Å². The number of rotatable bonds is 3. The van der Waals surface area contributed by atoms with E-state index in [1.165, 1.54) is 48.0 Å². The van der Waals surface area contributed by atoms with Crippen molar-refractivity contribution in [3.8, 4) is 0 Å². The van der Waals surface area contributed by atoms with Gasteiger partial charge in [0.15, 0.2) is 0 Å². The first kappa shape index (κ1) is 25.2. The van der Waals surface area contributed by atoms with Crippen LogP contribution in [0.25, 0.3) is 0 Å². The summed E-state index contributed by atoms with van der Waals surface area (Å²) in [7, 11) is -0.446. The Morgan fingerprint density at radius 2 is 0.828 bits per heavy atom. The first-order valence-electron chi connectivity index (χ1n) is 9.83. The molecule has 0 amide bonds. The van der Waals surface area contributed by atoms with Crippen molar-refractivity contribution in [2.45, 2.75) is 39.0 Å². The Hall–Kier alpha value is -1.82. The van der Waals surface area contributed by atoms with Crippen LogP contribution in [0.1, 0.15) is 39.0 Å². The van der Waals surface area contributed by atoms with E-state index in [2.05, 4.69) is 91.0 Å². The van der Waals surface area contributed by atoms with Gasteiger partial charge in [0.25, 0.3) is 5.97 Å². The summed E-state index contributed by atoms with van der Waals surface area (Å²) >= 11 is 0. The predicted molar refractivity (Wildman–Crippen MR) is 122 cm³/mol. The van der Waals surface area contributed by atoms with Crippen molar-refractivity contribution >= 4 is 29.8 Å². The topological polar surface area (TPSA) is 37.3 Å². The van der Waals surface area contributed by atoms with Gasteiger partial charge < -0.3 is 5.11 Å². The van der Waals surface area contributed by atoms with Gasteiger partial charge in [-0.15, -0.1) is 0 Å². The molecule has 3 aromatic rings. The van der Waals surface area contributed by atoms with Crippen LogP contribution < -0.4 is 15.9 Å². The van der Waals surface area contributed by atoms with Gasteiger partial charge in [-0.05, 0) is 23.8 Å². The molecule has 4 heteroatoms. The summed E-state index contributed by atoms with van der Waals surface area (Å²) in [6.45, 7) is 1.08. The maximum Gasteiger partial charge on any atom is 1.00 e. The van der Waals surface area contributed by atoms with Gasteiger partial charge in [0.05, 0.1) is 0 Å². The minimum atomic E-state index is -0.833. The van der Waals surface area contributed by atoms with Crippen molar-refractivity contribution in [1.29, 1.82) is 0 Å². The molecule has 4 rings (SSSR count). The van der Waals surface area contributed by atoms with Crippen LogP contribution in [-0.2, 0) is 24.3 Å². The van der Waals surface area contributed by atoms with Crippen LogP contribution in [0.15, 0.2) is 91.0 Å². The number of carboxylic acids is 1. The maximum absolute atomic E-state index is 9.00. The summed E-state index contributed by atoms with van der Waals surface area (Å²) in [4.78, 5) is 9.00. The Morgan fingerprint density at radius 1 is 0.621 bits per heavy atom. The summed E-state index contributed by atoms with van der Waals surface area (Å²) in [6.07, 6.45) is 7.50. The van der Waals surface area contributed by atoms with Crippen LogP contribution >= 0.6 is 7.92 Å². The first-order chi connectivity index (χ1) is 13.7. The molecule has 0 aliphatic heterocycles. The molecule has 1 radical (unpaired) electrons. The van der Waals surface area contributed by atoms with E-state index in [9.17, 15) is 0 Å². The summed E-state index contributed by atoms with van der Waals surface area (Å²) in [5.74, 6) is -0.833. The number of hydrogen-bond acceptors (Lipinski definition) is 1. The molecule has 1 aliphatic carbocycles. The SMILES string of the molecule is C1CCCC1.CC(=O)O.[Ru+].c1ccc(P(c2ccccc2)c2ccccc2)cc1. The number of carboxylic acid groups (broad SMARTS) is 1. The van der Waals surface area contributed by atoms with Crippen molar-refractivity contribution in [2.24, 2.45) is 0 Å². The van der Waals surface area contributed by atoms with Crippen LogP contribution in [0.3, 0.4) is 0 Å². The average Bonchev–Trinajstić information content (AvgIpc) is 3.31. The van der Waals surface area contributed by atoms with E-state index < -0.39 is 13.9 Å². The molecule has 1 fully saturated rings. The van der Waals surface area contributed by atoms with E-state index in [-0.39, 0.29) is 19.5 Å². The fraction of sp³-hybridized carbons (Fsp3) is 0.240. The first-order valence-corrected chi connectivity index (χ1v) is 11.2. The fourth-order valence-corrected chi connectivity index (χ4v) is 5.37. The molecule has 29 heavy (non-hydrogen) atoms. The van der Waals surface area contributed by atoms with E-state index in [0.717, 1.165) is 6.92 Å². The molecule has 2 nitrogen and oxygen atoms in total. The second-order valence-electron chi connectivity index (χ2n) is 6.63. The Bertz CT molecular complexity index is 685. The molecule has 153 valence electrons. The predicted octanol–water partition coefficient (Wildman–Crippen LogP) is 5.48. The summed E-state index contributed by atoms with van der Waals surface area (Å²) in [6, 6.07) is 32.3. The molecule has 3 aromatic carbocycles. The Kier molecular flexibility index (Phi) is 13.1. The minimum Gasteiger partial charge on any atom is -0.481 e. The van der Waals surface area contributed by atoms with Crippen LogP contribution in [0, 0.1) is 0 Å². The Balaban J connectivity index is 0.000000352. The smallest absolute Gasteiger partial charge is 0.481 e. The van der Waals surface area contributed by atoms with Crippen LogP contribution in [-0.4, -0.2) is 11.1 Å². The second-order valence-corrected chi connectivity index (χ2v) is 8.85. The third kappa shape index (κ3) is 9.97. The summed E-state index contributed by atoms with van der Waals surface area (Å²) < 4.78 is 0. The Morgan fingerprint density at radius 3 is 1.03 bits per heavy atom. The summed E-state index contributed by atoms with van der Waals surface area (Å²) in [5.41, 5.74) is 0. The Labute approximate surface area is 188 Å². The monoisotopic (exact) mass is 494 g/mol. The van der Waals surface area contributed by atoms with E-state index in [1.54, 1.807) is 0 Å². The van der Waals surface area contributed by atoms with E-state index in [4.69, 9.17) is 9.90 Å². The summed E-state index contributed by atoms with van der Waals surface area (Å²) in [5, 5.41) is 11.6.